The Bertz CT molecular complexity index is 320. The van der Waals surface area contributed by atoms with Crippen molar-refractivity contribution >= 4 is 22.6 Å². The molecule has 72 valence electrons. The van der Waals surface area contributed by atoms with Gasteiger partial charge in [0.2, 0.25) is 0 Å². The van der Waals surface area contributed by atoms with Crippen LogP contribution in [0.4, 0.5) is 8.78 Å². The summed E-state index contributed by atoms with van der Waals surface area (Å²) < 4.78 is 25.0. The zero-order valence-electron chi connectivity index (χ0n) is 6.47. The smallest absolute Gasteiger partial charge is 0.284 e. The van der Waals surface area contributed by atoms with E-state index in [0.29, 0.717) is 9.26 Å². The molecule has 0 bridgehead atoms. The molecule has 0 aromatic carbocycles. The Morgan fingerprint density at radius 1 is 1.62 bits per heavy atom. The van der Waals surface area contributed by atoms with Gasteiger partial charge in [0.1, 0.15) is 11.4 Å². The molecule has 0 fully saturated rings. The SMILES string of the molecule is NCc1nc(C(F)F)c(O)cc1I. The Morgan fingerprint density at radius 3 is 2.69 bits per heavy atom. The fourth-order valence-electron chi connectivity index (χ4n) is 0.837. The Balaban J connectivity index is 3.22. The molecule has 1 aromatic heterocycles. The van der Waals surface area contributed by atoms with Gasteiger partial charge in [0.25, 0.3) is 6.43 Å². The Morgan fingerprint density at radius 2 is 2.23 bits per heavy atom. The van der Waals surface area contributed by atoms with Gasteiger partial charge in [-0.2, -0.15) is 0 Å². The summed E-state index contributed by atoms with van der Waals surface area (Å²) in [6.45, 7) is 0.0816. The molecule has 3 N–H and O–H groups in total. The minimum absolute atomic E-state index is 0.0816. The van der Waals surface area contributed by atoms with Crippen molar-refractivity contribution in [2.24, 2.45) is 5.73 Å². The molecule has 1 heterocycles. The summed E-state index contributed by atoms with van der Waals surface area (Å²) in [7, 11) is 0. The van der Waals surface area contributed by atoms with E-state index in [9.17, 15) is 8.78 Å². The Labute approximate surface area is 87.1 Å². The highest BCUT2D eigenvalue weighted by atomic mass is 127. The lowest BCUT2D eigenvalue weighted by molar-refractivity contribution is 0.141. The maximum absolute atomic E-state index is 12.2. The number of hydrogen-bond acceptors (Lipinski definition) is 3. The van der Waals surface area contributed by atoms with Gasteiger partial charge in [-0.1, -0.05) is 0 Å². The van der Waals surface area contributed by atoms with Crippen molar-refractivity contribution in [2.45, 2.75) is 13.0 Å². The Hall–Kier alpha value is -0.500. The quantitative estimate of drug-likeness (QED) is 0.819. The van der Waals surface area contributed by atoms with Crippen molar-refractivity contribution in [3.05, 3.63) is 21.0 Å². The molecule has 0 saturated carbocycles. The van der Waals surface area contributed by atoms with E-state index < -0.39 is 17.9 Å². The zero-order valence-corrected chi connectivity index (χ0v) is 8.62. The van der Waals surface area contributed by atoms with Gasteiger partial charge in [0.05, 0.1) is 5.69 Å². The molecule has 1 rings (SSSR count). The molecule has 0 atom stereocenters. The van der Waals surface area contributed by atoms with Gasteiger partial charge in [0, 0.05) is 10.1 Å². The number of rotatable bonds is 2. The van der Waals surface area contributed by atoms with Crippen LogP contribution in [0.3, 0.4) is 0 Å². The third kappa shape index (κ3) is 2.25. The van der Waals surface area contributed by atoms with Crippen molar-refractivity contribution in [3.63, 3.8) is 0 Å². The summed E-state index contributed by atoms with van der Waals surface area (Å²) in [6, 6.07) is 1.23. The van der Waals surface area contributed by atoms with Crippen LogP contribution in [0.1, 0.15) is 17.8 Å². The van der Waals surface area contributed by atoms with Crippen LogP contribution < -0.4 is 5.73 Å². The molecular formula is C7H7F2IN2O. The van der Waals surface area contributed by atoms with Crippen LogP contribution in [0.5, 0.6) is 5.75 Å². The lowest BCUT2D eigenvalue weighted by Gasteiger charge is -2.06. The van der Waals surface area contributed by atoms with E-state index in [2.05, 4.69) is 4.98 Å². The number of hydrogen-bond donors (Lipinski definition) is 2. The molecule has 3 nitrogen and oxygen atoms in total. The molecule has 0 aliphatic carbocycles. The molecule has 0 radical (unpaired) electrons. The van der Waals surface area contributed by atoms with Crippen LogP contribution in [0.25, 0.3) is 0 Å². The van der Waals surface area contributed by atoms with Gasteiger partial charge in [-0.25, -0.2) is 13.8 Å². The molecule has 0 unspecified atom stereocenters. The predicted octanol–water partition coefficient (Wildman–Crippen LogP) is 1.79. The second-order valence-electron chi connectivity index (χ2n) is 2.33. The van der Waals surface area contributed by atoms with Crippen LogP contribution in [0.2, 0.25) is 0 Å². The largest absolute Gasteiger partial charge is 0.506 e. The third-order valence-corrected chi connectivity index (χ3v) is 2.39. The fraction of sp³-hybridized carbons (Fsp3) is 0.286. The van der Waals surface area contributed by atoms with E-state index in [1.165, 1.54) is 6.07 Å². The van der Waals surface area contributed by atoms with E-state index in [1.807, 2.05) is 22.6 Å². The summed E-state index contributed by atoms with van der Waals surface area (Å²) in [4.78, 5) is 3.56. The van der Waals surface area contributed by atoms with E-state index in [0.717, 1.165) is 0 Å². The average Bonchev–Trinajstić information content (AvgIpc) is 2.03. The van der Waals surface area contributed by atoms with Crippen LogP contribution in [-0.2, 0) is 6.54 Å². The maximum atomic E-state index is 12.2. The number of nitrogens with zero attached hydrogens (tertiary/aromatic N) is 1. The maximum Gasteiger partial charge on any atom is 0.284 e. The molecule has 13 heavy (non-hydrogen) atoms. The second kappa shape index (κ2) is 4.14. The number of pyridine rings is 1. The molecule has 0 saturated heterocycles. The number of aromatic hydroxyl groups is 1. The van der Waals surface area contributed by atoms with Crippen molar-refractivity contribution < 1.29 is 13.9 Å². The monoisotopic (exact) mass is 300 g/mol. The van der Waals surface area contributed by atoms with Crippen LogP contribution in [-0.4, -0.2) is 10.1 Å². The van der Waals surface area contributed by atoms with Gasteiger partial charge >= 0.3 is 0 Å². The molecule has 0 amide bonds. The van der Waals surface area contributed by atoms with Gasteiger partial charge in [0.15, 0.2) is 0 Å². The highest BCUT2D eigenvalue weighted by Gasteiger charge is 2.16. The highest BCUT2D eigenvalue weighted by molar-refractivity contribution is 14.1. The van der Waals surface area contributed by atoms with E-state index in [1.54, 1.807) is 0 Å². The van der Waals surface area contributed by atoms with Gasteiger partial charge in [-0.15, -0.1) is 0 Å². The van der Waals surface area contributed by atoms with Gasteiger partial charge in [-0.05, 0) is 28.7 Å². The first-order valence-electron chi connectivity index (χ1n) is 3.42. The van der Waals surface area contributed by atoms with E-state index in [-0.39, 0.29) is 6.54 Å². The summed E-state index contributed by atoms with van der Waals surface area (Å²) in [5.74, 6) is -0.489. The van der Waals surface area contributed by atoms with E-state index >= 15 is 0 Å². The van der Waals surface area contributed by atoms with Crippen molar-refractivity contribution in [3.8, 4) is 5.75 Å². The molecule has 0 aliphatic heterocycles. The molecule has 1 aromatic rings. The number of halogens is 3. The third-order valence-electron chi connectivity index (χ3n) is 1.46. The van der Waals surface area contributed by atoms with Crippen molar-refractivity contribution in [1.29, 1.82) is 0 Å². The molecular weight excluding hydrogens is 293 g/mol. The Kier molecular flexibility index (Phi) is 3.37. The molecule has 0 aliphatic rings. The summed E-state index contributed by atoms with van der Waals surface area (Å²) >= 11 is 1.88. The first-order chi connectivity index (χ1) is 6.06. The summed E-state index contributed by atoms with van der Waals surface area (Å²) in [6.07, 6.45) is -2.78. The lowest BCUT2D eigenvalue weighted by atomic mass is 10.3. The minimum atomic E-state index is -2.78. The predicted molar refractivity (Wildman–Crippen MR) is 51.5 cm³/mol. The number of aromatic nitrogens is 1. The zero-order chi connectivity index (χ0) is 10.0. The van der Waals surface area contributed by atoms with Crippen LogP contribution in [0.15, 0.2) is 6.07 Å². The number of nitrogens with two attached hydrogens (primary N) is 1. The summed E-state index contributed by atoms with van der Waals surface area (Å²) in [5, 5.41) is 9.09. The van der Waals surface area contributed by atoms with Gasteiger partial charge in [-0.3, -0.25) is 0 Å². The lowest BCUT2D eigenvalue weighted by Crippen LogP contribution is -2.05. The van der Waals surface area contributed by atoms with Crippen molar-refractivity contribution in [1.82, 2.24) is 4.98 Å². The van der Waals surface area contributed by atoms with Crippen LogP contribution >= 0.6 is 22.6 Å². The second-order valence-corrected chi connectivity index (χ2v) is 3.49. The number of alkyl halides is 2. The van der Waals surface area contributed by atoms with Crippen molar-refractivity contribution in [2.75, 3.05) is 0 Å². The first kappa shape index (κ1) is 10.6. The molecule has 6 heteroatoms. The first-order valence-corrected chi connectivity index (χ1v) is 4.50. The fourth-order valence-corrected chi connectivity index (χ4v) is 1.47. The van der Waals surface area contributed by atoms with Crippen LogP contribution in [0, 0.1) is 3.57 Å². The molecule has 0 spiro atoms. The highest BCUT2D eigenvalue weighted by Crippen LogP contribution is 2.28. The van der Waals surface area contributed by atoms with Gasteiger partial charge < -0.3 is 10.8 Å². The normalized spacial score (nSPS) is 10.8. The average molecular weight is 300 g/mol. The minimum Gasteiger partial charge on any atom is -0.506 e. The summed E-state index contributed by atoms with van der Waals surface area (Å²) in [5.41, 5.74) is 5.03. The van der Waals surface area contributed by atoms with E-state index in [4.69, 9.17) is 10.8 Å². The standard InChI is InChI=1S/C7H7F2IN2O/c8-7(9)6-5(13)1-3(10)4(2-11)12-6/h1,7,13H,2,11H2. The topological polar surface area (TPSA) is 59.1 Å².